The fourth-order valence-electron chi connectivity index (χ4n) is 3.69. The Morgan fingerprint density at radius 3 is 2.55 bits per heavy atom. The van der Waals surface area contributed by atoms with Gasteiger partial charge in [0.05, 0.1) is 13.2 Å². The van der Waals surface area contributed by atoms with Crippen molar-refractivity contribution in [2.45, 2.75) is 58.9 Å². The Morgan fingerprint density at radius 2 is 1.90 bits per heavy atom. The fourth-order valence-corrected chi connectivity index (χ4v) is 3.69. The molecular formula is C17H35NO2. The van der Waals surface area contributed by atoms with Crippen molar-refractivity contribution < 1.29 is 9.47 Å². The summed E-state index contributed by atoms with van der Waals surface area (Å²) in [5, 5.41) is 3.56. The van der Waals surface area contributed by atoms with Crippen molar-refractivity contribution in [3.63, 3.8) is 0 Å². The van der Waals surface area contributed by atoms with E-state index in [0.29, 0.717) is 18.1 Å². The van der Waals surface area contributed by atoms with Gasteiger partial charge in [0.2, 0.25) is 0 Å². The average molecular weight is 285 g/mol. The summed E-state index contributed by atoms with van der Waals surface area (Å²) in [4.78, 5) is 0. The Balaban J connectivity index is 2.34. The monoisotopic (exact) mass is 285 g/mol. The van der Waals surface area contributed by atoms with E-state index < -0.39 is 0 Å². The zero-order valence-corrected chi connectivity index (χ0v) is 14.2. The van der Waals surface area contributed by atoms with Gasteiger partial charge in [0.25, 0.3) is 0 Å². The average Bonchev–Trinajstić information content (AvgIpc) is 2.42. The summed E-state index contributed by atoms with van der Waals surface area (Å²) in [6.07, 6.45) is 6.48. The van der Waals surface area contributed by atoms with Gasteiger partial charge in [0.15, 0.2) is 0 Å². The van der Waals surface area contributed by atoms with E-state index in [1.54, 1.807) is 7.11 Å². The van der Waals surface area contributed by atoms with Crippen LogP contribution in [0.25, 0.3) is 0 Å². The summed E-state index contributed by atoms with van der Waals surface area (Å²) < 4.78 is 10.6. The third-order valence-electron chi connectivity index (χ3n) is 5.03. The predicted molar refractivity (Wildman–Crippen MR) is 85.1 cm³/mol. The van der Waals surface area contributed by atoms with Crippen LogP contribution < -0.4 is 5.32 Å². The van der Waals surface area contributed by atoms with Gasteiger partial charge in [-0.15, -0.1) is 0 Å². The van der Waals surface area contributed by atoms with Gasteiger partial charge in [-0.1, -0.05) is 27.2 Å². The van der Waals surface area contributed by atoms with E-state index in [9.17, 15) is 0 Å². The molecule has 0 amide bonds. The number of ether oxygens (including phenoxy) is 2. The van der Waals surface area contributed by atoms with Gasteiger partial charge in [0.1, 0.15) is 0 Å². The Bertz CT molecular complexity index is 255. The minimum Gasteiger partial charge on any atom is -0.382 e. The third kappa shape index (κ3) is 5.71. The lowest BCUT2D eigenvalue weighted by atomic mass is 9.65. The molecule has 0 aromatic rings. The molecule has 120 valence electrons. The molecule has 0 saturated heterocycles. The van der Waals surface area contributed by atoms with Crippen LogP contribution in [0, 0.1) is 17.3 Å². The lowest BCUT2D eigenvalue weighted by molar-refractivity contribution is 0.0503. The van der Waals surface area contributed by atoms with Crippen LogP contribution >= 0.6 is 0 Å². The summed E-state index contributed by atoms with van der Waals surface area (Å²) >= 11 is 0. The Labute approximate surface area is 125 Å². The van der Waals surface area contributed by atoms with Crippen LogP contribution in [0.3, 0.4) is 0 Å². The maximum absolute atomic E-state index is 5.59. The molecule has 3 nitrogen and oxygen atoms in total. The summed E-state index contributed by atoms with van der Waals surface area (Å²) in [5.41, 5.74) is 0.401. The molecule has 1 aliphatic carbocycles. The van der Waals surface area contributed by atoms with Gasteiger partial charge in [-0.3, -0.25) is 0 Å². The lowest BCUT2D eigenvalue weighted by Crippen LogP contribution is -2.45. The molecule has 1 saturated carbocycles. The Morgan fingerprint density at radius 1 is 1.15 bits per heavy atom. The molecular weight excluding hydrogens is 250 g/mol. The highest BCUT2D eigenvalue weighted by Crippen LogP contribution is 2.42. The van der Waals surface area contributed by atoms with Crippen LogP contribution in [-0.2, 0) is 9.47 Å². The first-order valence-corrected chi connectivity index (χ1v) is 8.25. The topological polar surface area (TPSA) is 30.5 Å². The van der Waals surface area contributed by atoms with Crippen molar-refractivity contribution in [2.24, 2.45) is 17.3 Å². The summed E-state index contributed by atoms with van der Waals surface area (Å²) in [6.45, 7) is 9.54. The van der Waals surface area contributed by atoms with Crippen LogP contribution in [0.15, 0.2) is 0 Å². The Hall–Kier alpha value is -0.120. The molecule has 1 fully saturated rings. The van der Waals surface area contributed by atoms with Gasteiger partial charge < -0.3 is 14.8 Å². The molecule has 1 rings (SSSR count). The van der Waals surface area contributed by atoms with E-state index in [-0.39, 0.29) is 0 Å². The van der Waals surface area contributed by atoms with Crippen molar-refractivity contribution in [1.82, 2.24) is 5.32 Å². The van der Waals surface area contributed by atoms with Gasteiger partial charge in [-0.2, -0.15) is 0 Å². The number of hydrogen-bond acceptors (Lipinski definition) is 3. The summed E-state index contributed by atoms with van der Waals surface area (Å²) in [6, 6.07) is 0.683. The SMILES string of the molecule is CNC1CC(C)CCC1C(C)(C)CCCOCCOC. The second-order valence-electron chi connectivity index (χ2n) is 7.12. The molecule has 0 bridgehead atoms. The maximum atomic E-state index is 5.59. The van der Waals surface area contributed by atoms with Crippen LogP contribution in [0.2, 0.25) is 0 Å². The van der Waals surface area contributed by atoms with E-state index in [0.717, 1.165) is 31.5 Å². The van der Waals surface area contributed by atoms with Crippen molar-refractivity contribution in [3.05, 3.63) is 0 Å². The third-order valence-corrected chi connectivity index (χ3v) is 5.03. The van der Waals surface area contributed by atoms with Crippen LogP contribution in [0.1, 0.15) is 52.9 Å². The van der Waals surface area contributed by atoms with Crippen molar-refractivity contribution >= 4 is 0 Å². The number of methoxy groups -OCH3 is 1. The van der Waals surface area contributed by atoms with Crippen molar-refractivity contribution in [1.29, 1.82) is 0 Å². The zero-order valence-electron chi connectivity index (χ0n) is 14.2. The van der Waals surface area contributed by atoms with E-state index >= 15 is 0 Å². The van der Waals surface area contributed by atoms with E-state index in [2.05, 4.69) is 33.1 Å². The lowest BCUT2D eigenvalue weighted by Gasteiger charge is -2.44. The fraction of sp³-hybridized carbons (Fsp3) is 1.00. The van der Waals surface area contributed by atoms with E-state index in [1.807, 2.05) is 0 Å². The summed E-state index contributed by atoms with van der Waals surface area (Å²) in [7, 11) is 3.84. The molecule has 1 N–H and O–H groups in total. The van der Waals surface area contributed by atoms with Gasteiger partial charge >= 0.3 is 0 Å². The highest BCUT2D eigenvalue weighted by Gasteiger charge is 2.37. The number of rotatable bonds is 9. The van der Waals surface area contributed by atoms with Gasteiger partial charge in [-0.05, 0) is 50.0 Å². The second-order valence-corrected chi connectivity index (χ2v) is 7.12. The summed E-state index contributed by atoms with van der Waals surface area (Å²) in [5.74, 6) is 1.67. The highest BCUT2D eigenvalue weighted by atomic mass is 16.5. The van der Waals surface area contributed by atoms with Gasteiger partial charge in [-0.25, -0.2) is 0 Å². The zero-order chi connectivity index (χ0) is 15.0. The van der Waals surface area contributed by atoms with Crippen LogP contribution in [-0.4, -0.2) is 40.0 Å². The molecule has 3 heteroatoms. The molecule has 0 aliphatic heterocycles. The molecule has 0 heterocycles. The first kappa shape index (κ1) is 17.9. The quantitative estimate of drug-likeness (QED) is 0.658. The first-order chi connectivity index (χ1) is 9.51. The molecule has 20 heavy (non-hydrogen) atoms. The number of nitrogens with one attached hydrogen (secondary N) is 1. The minimum absolute atomic E-state index is 0.401. The maximum Gasteiger partial charge on any atom is 0.0700 e. The van der Waals surface area contributed by atoms with Crippen LogP contribution in [0.4, 0.5) is 0 Å². The van der Waals surface area contributed by atoms with Gasteiger partial charge in [0, 0.05) is 19.8 Å². The Kier molecular flexibility index (Phi) is 8.08. The molecule has 3 unspecified atom stereocenters. The number of hydrogen-bond donors (Lipinski definition) is 1. The molecule has 0 aromatic carbocycles. The molecule has 0 radical (unpaired) electrons. The first-order valence-electron chi connectivity index (χ1n) is 8.25. The molecule has 3 atom stereocenters. The van der Waals surface area contributed by atoms with Crippen molar-refractivity contribution in [2.75, 3.05) is 34.0 Å². The highest BCUT2D eigenvalue weighted by molar-refractivity contribution is 4.91. The molecule has 1 aliphatic rings. The minimum atomic E-state index is 0.401. The predicted octanol–water partition coefficient (Wildman–Crippen LogP) is 3.48. The smallest absolute Gasteiger partial charge is 0.0700 e. The molecule has 0 spiro atoms. The largest absolute Gasteiger partial charge is 0.382 e. The molecule has 0 aromatic heterocycles. The second kappa shape index (κ2) is 9.01. The standard InChI is InChI=1S/C17H35NO2/c1-14-7-8-15(16(13-14)18-4)17(2,3)9-6-10-20-12-11-19-5/h14-16,18H,6-13H2,1-5H3. The normalized spacial score (nSPS) is 27.8. The van der Waals surface area contributed by atoms with E-state index in [1.165, 1.54) is 25.7 Å². The van der Waals surface area contributed by atoms with Crippen molar-refractivity contribution in [3.8, 4) is 0 Å². The van der Waals surface area contributed by atoms with E-state index in [4.69, 9.17) is 9.47 Å². The van der Waals surface area contributed by atoms with Crippen LogP contribution in [0.5, 0.6) is 0 Å².